The van der Waals surface area contributed by atoms with Crippen LogP contribution in [0.2, 0.25) is 5.02 Å². The molecule has 1 unspecified atom stereocenters. The number of rotatable bonds is 6. The van der Waals surface area contributed by atoms with Crippen LogP contribution >= 0.6 is 11.6 Å². The molecule has 0 aliphatic carbocycles. The van der Waals surface area contributed by atoms with Crippen LogP contribution in [0.4, 0.5) is 10.1 Å². The first-order valence-electron chi connectivity index (χ1n) is 10.1. The highest BCUT2D eigenvalue weighted by molar-refractivity contribution is 6.32. The van der Waals surface area contributed by atoms with Crippen molar-refractivity contribution in [1.29, 1.82) is 5.26 Å². The zero-order chi connectivity index (χ0) is 22.4. The molecule has 3 rings (SSSR count). The Balaban J connectivity index is 1.46. The fourth-order valence-electron chi connectivity index (χ4n) is 3.58. The maximum Gasteiger partial charge on any atom is 0.241 e. The third kappa shape index (κ3) is 6.03. The summed E-state index contributed by atoms with van der Waals surface area (Å²) in [5, 5.41) is 15.0. The van der Waals surface area contributed by atoms with Crippen LogP contribution in [0.1, 0.15) is 30.9 Å². The van der Waals surface area contributed by atoms with Crippen molar-refractivity contribution in [3.05, 3.63) is 64.4 Å². The molecule has 8 heteroatoms. The lowest BCUT2D eigenvalue weighted by Gasteiger charge is -2.34. The first-order valence-corrected chi connectivity index (χ1v) is 10.5. The second-order valence-electron chi connectivity index (χ2n) is 7.63. The number of halogens is 2. The summed E-state index contributed by atoms with van der Waals surface area (Å²) in [5.41, 5.74) is 1.74. The highest BCUT2D eigenvalue weighted by atomic mass is 35.5. The van der Waals surface area contributed by atoms with Crippen LogP contribution in [-0.4, -0.2) is 35.8 Å². The van der Waals surface area contributed by atoms with Gasteiger partial charge in [-0.15, -0.1) is 0 Å². The molecule has 2 aromatic carbocycles. The molecule has 162 valence electrons. The number of nitriles is 1. The number of nitrogens with zero attached hydrogens (tertiary/aromatic N) is 2. The molecule has 1 saturated heterocycles. The molecule has 1 aliphatic rings. The van der Waals surface area contributed by atoms with Crippen LogP contribution < -0.4 is 10.6 Å². The van der Waals surface area contributed by atoms with E-state index in [2.05, 4.69) is 10.6 Å². The van der Waals surface area contributed by atoms with Crippen LogP contribution in [-0.2, 0) is 16.1 Å². The molecule has 6 nitrogen and oxygen atoms in total. The topological polar surface area (TPSA) is 85.2 Å². The van der Waals surface area contributed by atoms with Crippen LogP contribution in [0, 0.1) is 23.1 Å². The fourth-order valence-corrected chi connectivity index (χ4v) is 3.80. The Morgan fingerprint density at radius 3 is 2.52 bits per heavy atom. The van der Waals surface area contributed by atoms with Gasteiger partial charge in [-0.05, 0) is 68.8 Å². The molecule has 0 aromatic heterocycles. The molecule has 2 N–H and O–H groups in total. The van der Waals surface area contributed by atoms with E-state index in [1.807, 2.05) is 17.9 Å². The summed E-state index contributed by atoms with van der Waals surface area (Å²) >= 11 is 6.02. The summed E-state index contributed by atoms with van der Waals surface area (Å²) in [6.45, 7) is 3.47. The summed E-state index contributed by atoms with van der Waals surface area (Å²) in [4.78, 5) is 27.1. The van der Waals surface area contributed by atoms with Gasteiger partial charge in [-0.1, -0.05) is 23.7 Å². The second kappa shape index (κ2) is 10.4. The van der Waals surface area contributed by atoms with E-state index in [1.54, 1.807) is 30.3 Å². The number of likely N-dealkylation sites (tertiary alicyclic amines) is 1. The lowest BCUT2D eigenvalue weighted by Crippen LogP contribution is -2.48. The maximum absolute atomic E-state index is 13.0. The van der Waals surface area contributed by atoms with Gasteiger partial charge >= 0.3 is 0 Å². The Morgan fingerprint density at radius 2 is 1.90 bits per heavy atom. The molecule has 0 spiro atoms. The standard InChI is InChI=1S/C23H24ClFN4O2/c1-15(22(30)28-20-7-4-18(13-26)21(24)12-20)29-10-8-17(9-11-29)23(31)27-14-16-2-5-19(25)6-3-16/h2-7,12,15,17H,8-11,14H2,1H3,(H,27,31)(H,28,30). The van der Waals surface area contributed by atoms with Gasteiger partial charge in [-0.25, -0.2) is 4.39 Å². The minimum atomic E-state index is -0.363. The van der Waals surface area contributed by atoms with E-state index in [1.165, 1.54) is 12.1 Å². The number of benzene rings is 2. The molecule has 2 aromatic rings. The van der Waals surface area contributed by atoms with Gasteiger partial charge in [0.2, 0.25) is 11.8 Å². The monoisotopic (exact) mass is 442 g/mol. The van der Waals surface area contributed by atoms with Crippen LogP contribution in [0.5, 0.6) is 0 Å². The smallest absolute Gasteiger partial charge is 0.241 e. The normalized spacial score (nSPS) is 15.7. The average molecular weight is 443 g/mol. The van der Waals surface area contributed by atoms with E-state index >= 15 is 0 Å². The number of carbonyl (C=O) groups is 2. The minimum Gasteiger partial charge on any atom is -0.352 e. The Labute approximate surface area is 186 Å². The van der Waals surface area contributed by atoms with Crippen molar-refractivity contribution < 1.29 is 14.0 Å². The van der Waals surface area contributed by atoms with Crippen LogP contribution in [0.15, 0.2) is 42.5 Å². The summed E-state index contributed by atoms with van der Waals surface area (Å²) in [6.07, 6.45) is 1.32. The van der Waals surface area contributed by atoms with Gasteiger partial charge in [0.15, 0.2) is 0 Å². The highest BCUT2D eigenvalue weighted by Gasteiger charge is 2.29. The number of amides is 2. The van der Waals surface area contributed by atoms with Crippen molar-refractivity contribution in [2.45, 2.75) is 32.4 Å². The molecule has 31 heavy (non-hydrogen) atoms. The lowest BCUT2D eigenvalue weighted by atomic mass is 9.94. The van der Waals surface area contributed by atoms with E-state index in [4.69, 9.17) is 16.9 Å². The van der Waals surface area contributed by atoms with E-state index < -0.39 is 0 Å². The highest BCUT2D eigenvalue weighted by Crippen LogP contribution is 2.22. The Bertz CT molecular complexity index is 982. The maximum atomic E-state index is 13.0. The van der Waals surface area contributed by atoms with E-state index in [9.17, 15) is 14.0 Å². The Hall–Kier alpha value is -2.95. The van der Waals surface area contributed by atoms with E-state index in [0.717, 1.165) is 5.56 Å². The molecular formula is C23H24ClFN4O2. The van der Waals surface area contributed by atoms with Gasteiger partial charge < -0.3 is 10.6 Å². The number of hydrogen-bond donors (Lipinski definition) is 2. The van der Waals surface area contributed by atoms with Gasteiger partial charge in [0, 0.05) is 18.2 Å². The number of hydrogen-bond acceptors (Lipinski definition) is 4. The lowest BCUT2D eigenvalue weighted by molar-refractivity contribution is -0.127. The number of anilines is 1. The third-order valence-electron chi connectivity index (χ3n) is 5.56. The molecule has 0 radical (unpaired) electrons. The minimum absolute atomic E-state index is 0.0201. The summed E-state index contributed by atoms with van der Waals surface area (Å²) < 4.78 is 13.0. The summed E-state index contributed by atoms with van der Waals surface area (Å²) in [5.74, 6) is -0.597. The van der Waals surface area contributed by atoms with Gasteiger partial charge in [-0.2, -0.15) is 5.26 Å². The first-order chi connectivity index (χ1) is 14.9. The fraction of sp³-hybridized carbons (Fsp3) is 0.348. The van der Waals surface area contributed by atoms with Gasteiger partial charge in [0.25, 0.3) is 0 Å². The van der Waals surface area contributed by atoms with Crippen molar-refractivity contribution in [3.8, 4) is 6.07 Å². The average Bonchev–Trinajstić information content (AvgIpc) is 2.78. The number of carbonyl (C=O) groups excluding carboxylic acids is 2. The van der Waals surface area contributed by atoms with E-state index in [0.29, 0.717) is 48.7 Å². The van der Waals surface area contributed by atoms with Crippen molar-refractivity contribution in [2.24, 2.45) is 5.92 Å². The molecular weight excluding hydrogens is 419 g/mol. The van der Waals surface area contributed by atoms with Gasteiger partial charge in [-0.3, -0.25) is 14.5 Å². The van der Waals surface area contributed by atoms with Crippen molar-refractivity contribution >= 4 is 29.1 Å². The van der Waals surface area contributed by atoms with Crippen molar-refractivity contribution in [2.75, 3.05) is 18.4 Å². The van der Waals surface area contributed by atoms with Gasteiger partial charge in [0.05, 0.1) is 16.6 Å². The Morgan fingerprint density at radius 1 is 1.23 bits per heavy atom. The third-order valence-corrected chi connectivity index (χ3v) is 5.88. The predicted octanol–water partition coefficient (Wildman–Crippen LogP) is 3.71. The molecule has 0 saturated carbocycles. The largest absolute Gasteiger partial charge is 0.352 e. The molecule has 2 amide bonds. The molecule has 1 atom stereocenters. The number of piperidine rings is 1. The Kier molecular flexibility index (Phi) is 7.61. The zero-order valence-corrected chi connectivity index (χ0v) is 18.0. The van der Waals surface area contributed by atoms with Crippen LogP contribution in [0.25, 0.3) is 0 Å². The SMILES string of the molecule is CC(C(=O)Nc1ccc(C#N)c(Cl)c1)N1CCC(C(=O)NCc2ccc(F)cc2)CC1. The zero-order valence-electron chi connectivity index (χ0n) is 17.2. The summed E-state index contributed by atoms with van der Waals surface area (Å²) in [7, 11) is 0. The molecule has 1 aliphatic heterocycles. The molecule has 1 heterocycles. The van der Waals surface area contributed by atoms with Crippen molar-refractivity contribution in [1.82, 2.24) is 10.2 Å². The summed E-state index contributed by atoms with van der Waals surface area (Å²) in [6, 6.07) is 12.4. The van der Waals surface area contributed by atoms with Gasteiger partial charge in [0.1, 0.15) is 11.9 Å². The second-order valence-corrected chi connectivity index (χ2v) is 8.03. The molecule has 1 fully saturated rings. The first kappa shape index (κ1) is 22.7. The number of nitrogens with one attached hydrogen (secondary N) is 2. The van der Waals surface area contributed by atoms with E-state index in [-0.39, 0.29) is 29.6 Å². The quantitative estimate of drug-likeness (QED) is 0.714. The molecule has 0 bridgehead atoms. The van der Waals surface area contributed by atoms with Crippen molar-refractivity contribution in [3.63, 3.8) is 0 Å². The van der Waals surface area contributed by atoms with Crippen LogP contribution in [0.3, 0.4) is 0 Å². The predicted molar refractivity (Wildman–Crippen MR) is 117 cm³/mol.